The van der Waals surface area contributed by atoms with E-state index in [0.29, 0.717) is 23.8 Å². The zero-order chi connectivity index (χ0) is 20.1. The van der Waals surface area contributed by atoms with Crippen LogP contribution in [-0.4, -0.2) is 42.9 Å². The molecule has 0 spiro atoms. The standard InChI is InChI=1S/C22H26ClN3O2/c1-3-26(14-21(27)24-20-12-19(23)9-8-16(20)2)22(28)15-25-11-10-17-6-4-5-7-18(17)13-25/h4-9,12H,3,10-11,13-15H2,1-2H3,(H,24,27)/p+1. The Morgan fingerprint density at radius 3 is 2.68 bits per heavy atom. The number of benzene rings is 2. The van der Waals surface area contributed by atoms with Crippen molar-refractivity contribution in [3.8, 4) is 0 Å². The number of rotatable bonds is 6. The Bertz CT molecular complexity index is 869. The van der Waals surface area contributed by atoms with E-state index in [1.807, 2.05) is 26.0 Å². The van der Waals surface area contributed by atoms with Crippen molar-refractivity contribution in [2.24, 2.45) is 0 Å². The van der Waals surface area contributed by atoms with Gasteiger partial charge in [0.1, 0.15) is 13.1 Å². The molecule has 0 saturated heterocycles. The topological polar surface area (TPSA) is 53.9 Å². The van der Waals surface area contributed by atoms with Gasteiger partial charge in [0.25, 0.3) is 5.91 Å². The van der Waals surface area contributed by atoms with E-state index in [1.54, 1.807) is 17.0 Å². The van der Waals surface area contributed by atoms with Crippen LogP contribution in [0.15, 0.2) is 42.5 Å². The van der Waals surface area contributed by atoms with E-state index in [4.69, 9.17) is 11.6 Å². The maximum Gasteiger partial charge on any atom is 0.278 e. The van der Waals surface area contributed by atoms with E-state index < -0.39 is 0 Å². The largest absolute Gasteiger partial charge is 0.329 e. The molecule has 1 heterocycles. The predicted molar refractivity (Wildman–Crippen MR) is 112 cm³/mol. The van der Waals surface area contributed by atoms with Crippen LogP contribution in [0.25, 0.3) is 0 Å². The van der Waals surface area contributed by atoms with Gasteiger partial charge in [-0.2, -0.15) is 0 Å². The molecule has 0 saturated carbocycles. The summed E-state index contributed by atoms with van der Waals surface area (Å²) in [6, 6.07) is 13.8. The zero-order valence-electron chi connectivity index (χ0n) is 16.4. The number of aryl methyl sites for hydroxylation is 1. The van der Waals surface area contributed by atoms with E-state index in [2.05, 4.69) is 23.5 Å². The fourth-order valence-corrected chi connectivity index (χ4v) is 3.76. The molecule has 0 bridgehead atoms. The van der Waals surface area contributed by atoms with Crippen molar-refractivity contribution in [3.63, 3.8) is 0 Å². The summed E-state index contributed by atoms with van der Waals surface area (Å²) in [7, 11) is 0. The molecular formula is C22H27ClN3O2+. The first-order valence-corrected chi connectivity index (χ1v) is 10.1. The Hall–Kier alpha value is -2.37. The highest BCUT2D eigenvalue weighted by atomic mass is 35.5. The molecule has 1 atom stereocenters. The number of anilines is 1. The van der Waals surface area contributed by atoms with Gasteiger partial charge in [-0.15, -0.1) is 0 Å². The first kappa shape index (κ1) is 20.4. The summed E-state index contributed by atoms with van der Waals surface area (Å²) in [5.74, 6) is -0.200. The number of quaternary nitrogens is 1. The summed E-state index contributed by atoms with van der Waals surface area (Å²) >= 11 is 6.01. The Morgan fingerprint density at radius 1 is 1.18 bits per heavy atom. The second kappa shape index (κ2) is 9.22. The number of halogens is 1. The summed E-state index contributed by atoms with van der Waals surface area (Å²) in [5.41, 5.74) is 4.30. The number of hydrogen-bond acceptors (Lipinski definition) is 2. The maximum absolute atomic E-state index is 12.8. The van der Waals surface area contributed by atoms with Gasteiger partial charge in [-0.1, -0.05) is 41.9 Å². The molecule has 1 aliphatic heterocycles. The van der Waals surface area contributed by atoms with Crippen LogP contribution in [0.3, 0.4) is 0 Å². The predicted octanol–water partition coefficient (Wildman–Crippen LogP) is 2.08. The monoisotopic (exact) mass is 400 g/mol. The lowest BCUT2D eigenvalue weighted by Gasteiger charge is -2.28. The third-order valence-corrected chi connectivity index (χ3v) is 5.49. The summed E-state index contributed by atoms with van der Waals surface area (Å²) in [6.45, 7) is 6.56. The quantitative estimate of drug-likeness (QED) is 0.780. The Kier molecular flexibility index (Phi) is 6.70. The highest BCUT2D eigenvalue weighted by Crippen LogP contribution is 2.20. The van der Waals surface area contributed by atoms with Gasteiger partial charge in [-0.25, -0.2) is 0 Å². The smallest absolute Gasteiger partial charge is 0.278 e. The third kappa shape index (κ3) is 5.12. The van der Waals surface area contributed by atoms with Gasteiger partial charge in [0, 0.05) is 29.2 Å². The fraction of sp³-hybridized carbons (Fsp3) is 0.364. The van der Waals surface area contributed by atoms with E-state index in [-0.39, 0.29) is 18.4 Å². The van der Waals surface area contributed by atoms with Gasteiger partial charge >= 0.3 is 0 Å². The molecule has 2 N–H and O–H groups in total. The van der Waals surface area contributed by atoms with Gasteiger partial charge < -0.3 is 15.1 Å². The van der Waals surface area contributed by atoms with Crippen molar-refractivity contribution < 1.29 is 14.5 Å². The molecule has 1 aliphatic rings. The summed E-state index contributed by atoms with van der Waals surface area (Å²) in [4.78, 5) is 28.1. The molecule has 0 aliphatic carbocycles. The first-order valence-electron chi connectivity index (χ1n) is 9.70. The molecule has 148 valence electrons. The number of nitrogens with zero attached hydrogens (tertiary/aromatic N) is 1. The molecule has 0 fully saturated rings. The molecule has 2 aromatic rings. The zero-order valence-corrected chi connectivity index (χ0v) is 17.2. The summed E-state index contributed by atoms with van der Waals surface area (Å²) in [6.07, 6.45) is 0.986. The Morgan fingerprint density at radius 2 is 1.93 bits per heavy atom. The average Bonchev–Trinajstić information content (AvgIpc) is 2.68. The molecule has 28 heavy (non-hydrogen) atoms. The van der Waals surface area contributed by atoms with E-state index in [9.17, 15) is 9.59 Å². The van der Waals surface area contributed by atoms with Gasteiger partial charge in [-0.05, 0) is 37.1 Å². The first-order chi connectivity index (χ1) is 13.5. The number of carbonyl (C=O) groups excluding carboxylic acids is 2. The van der Waals surface area contributed by atoms with E-state index >= 15 is 0 Å². The van der Waals surface area contributed by atoms with Crippen LogP contribution in [-0.2, 0) is 22.6 Å². The van der Waals surface area contributed by atoms with Crippen LogP contribution in [0.2, 0.25) is 5.02 Å². The SMILES string of the molecule is CCN(CC(=O)Nc1cc(Cl)ccc1C)C(=O)C[NH+]1CCc2ccccc2C1. The molecule has 1 unspecified atom stereocenters. The van der Waals surface area contributed by atoms with Crippen LogP contribution >= 0.6 is 11.6 Å². The van der Waals surface area contributed by atoms with Crippen molar-refractivity contribution in [3.05, 3.63) is 64.2 Å². The lowest BCUT2D eigenvalue weighted by molar-refractivity contribution is -0.908. The van der Waals surface area contributed by atoms with Gasteiger partial charge in [0.05, 0.1) is 6.54 Å². The number of hydrogen-bond donors (Lipinski definition) is 2. The highest BCUT2D eigenvalue weighted by molar-refractivity contribution is 6.31. The number of fused-ring (bicyclic) bond motifs is 1. The molecule has 0 aromatic heterocycles. The highest BCUT2D eigenvalue weighted by Gasteiger charge is 2.25. The number of amides is 2. The second-order valence-electron chi connectivity index (χ2n) is 7.29. The van der Waals surface area contributed by atoms with Crippen molar-refractivity contribution >= 4 is 29.1 Å². The minimum Gasteiger partial charge on any atom is -0.329 e. The van der Waals surface area contributed by atoms with Crippen LogP contribution in [0.4, 0.5) is 5.69 Å². The Balaban J connectivity index is 1.56. The maximum atomic E-state index is 12.8. The minimum atomic E-state index is -0.209. The number of likely N-dealkylation sites (N-methyl/N-ethyl adjacent to an activating group) is 1. The van der Waals surface area contributed by atoms with Crippen molar-refractivity contribution in [2.75, 3.05) is 31.5 Å². The van der Waals surface area contributed by atoms with Crippen molar-refractivity contribution in [1.82, 2.24) is 4.90 Å². The molecule has 6 heteroatoms. The lowest BCUT2D eigenvalue weighted by Crippen LogP contribution is -3.12. The molecule has 2 amide bonds. The number of nitrogens with one attached hydrogen (secondary N) is 2. The van der Waals surface area contributed by atoms with Crippen LogP contribution < -0.4 is 10.2 Å². The minimum absolute atomic E-state index is 0.00912. The Labute approximate surface area is 171 Å². The molecular weight excluding hydrogens is 374 g/mol. The van der Waals surface area contributed by atoms with Crippen LogP contribution in [0.5, 0.6) is 0 Å². The molecule has 0 radical (unpaired) electrons. The lowest BCUT2D eigenvalue weighted by atomic mass is 10.00. The summed E-state index contributed by atoms with van der Waals surface area (Å²) < 4.78 is 0. The van der Waals surface area contributed by atoms with E-state index in [0.717, 1.165) is 25.1 Å². The van der Waals surface area contributed by atoms with Crippen LogP contribution in [0.1, 0.15) is 23.6 Å². The summed E-state index contributed by atoms with van der Waals surface area (Å²) in [5, 5.41) is 3.43. The van der Waals surface area contributed by atoms with Crippen molar-refractivity contribution in [1.29, 1.82) is 0 Å². The van der Waals surface area contributed by atoms with Crippen LogP contribution in [0, 0.1) is 6.92 Å². The van der Waals surface area contributed by atoms with Gasteiger partial charge in [0.2, 0.25) is 5.91 Å². The number of carbonyl (C=O) groups is 2. The van der Waals surface area contributed by atoms with Crippen molar-refractivity contribution in [2.45, 2.75) is 26.8 Å². The normalized spacial score (nSPS) is 15.6. The average molecular weight is 401 g/mol. The van der Waals surface area contributed by atoms with Gasteiger partial charge in [-0.3, -0.25) is 9.59 Å². The fourth-order valence-electron chi connectivity index (χ4n) is 3.59. The van der Waals surface area contributed by atoms with Gasteiger partial charge in [0.15, 0.2) is 6.54 Å². The molecule has 3 rings (SSSR count). The molecule has 2 aromatic carbocycles. The molecule has 5 nitrogen and oxygen atoms in total. The third-order valence-electron chi connectivity index (χ3n) is 5.25. The second-order valence-corrected chi connectivity index (χ2v) is 7.72. The van der Waals surface area contributed by atoms with E-state index in [1.165, 1.54) is 16.0 Å².